The summed E-state index contributed by atoms with van der Waals surface area (Å²) in [7, 11) is 2.71. The number of hydrogen-bond donors (Lipinski definition) is 1. The SMILES string of the molecule is COc1cc([C@H]2C3=CC[C@@H]4C(=O)N(c5ccc(C(=O)c6ccccc6)cc5)C(=O)[C@@H]4[C@@H]3C[C@@]3(Cl)C(=O)N(C)C(=O)[C@@]23Cl)ccc1O. The number of alkyl halides is 2. The van der Waals surface area contributed by atoms with Crippen molar-refractivity contribution < 1.29 is 33.8 Å². The van der Waals surface area contributed by atoms with Gasteiger partial charge in [-0.2, -0.15) is 0 Å². The van der Waals surface area contributed by atoms with E-state index in [1.165, 1.54) is 20.2 Å². The molecule has 11 heteroatoms. The highest BCUT2D eigenvalue weighted by Gasteiger charge is 2.75. The molecule has 0 spiro atoms. The van der Waals surface area contributed by atoms with Gasteiger partial charge in [-0.15, -0.1) is 23.2 Å². The van der Waals surface area contributed by atoms with Crippen LogP contribution in [0.25, 0.3) is 0 Å². The molecule has 1 saturated carbocycles. The molecule has 9 nitrogen and oxygen atoms in total. The molecule has 0 aromatic heterocycles. The molecule has 0 radical (unpaired) electrons. The Bertz CT molecular complexity index is 1880. The average molecular weight is 660 g/mol. The zero-order chi connectivity index (χ0) is 32.7. The first kappa shape index (κ1) is 30.2. The molecule has 0 unspecified atom stereocenters. The summed E-state index contributed by atoms with van der Waals surface area (Å²) in [5.41, 5.74) is 2.34. The number of aromatic hydroxyl groups is 1. The van der Waals surface area contributed by atoms with E-state index in [0.717, 1.165) is 9.80 Å². The molecule has 3 aromatic rings. The van der Waals surface area contributed by atoms with Crippen molar-refractivity contribution in [2.24, 2.45) is 17.8 Å². The molecular formula is C35H28Cl2N2O7. The number of anilines is 1. The number of nitrogens with zero attached hydrogens (tertiary/aromatic N) is 2. The smallest absolute Gasteiger partial charge is 0.253 e. The normalized spacial score (nSPS) is 30.1. The number of carbonyl (C=O) groups excluding carboxylic acids is 5. The summed E-state index contributed by atoms with van der Waals surface area (Å²) in [6.07, 6.45) is 1.90. The lowest BCUT2D eigenvalue weighted by Gasteiger charge is -2.50. The van der Waals surface area contributed by atoms with Crippen molar-refractivity contribution in [1.29, 1.82) is 0 Å². The van der Waals surface area contributed by atoms with E-state index in [1.807, 2.05) is 12.1 Å². The molecule has 7 rings (SSSR count). The maximum Gasteiger partial charge on any atom is 0.253 e. The van der Waals surface area contributed by atoms with Crippen LogP contribution in [0, 0.1) is 17.8 Å². The van der Waals surface area contributed by atoms with Crippen molar-refractivity contribution >= 4 is 58.3 Å². The summed E-state index contributed by atoms with van der Waals surface area (Å²) in [5.74, 6) is -5.66. The van der Waals surface area contributed by atoms with Gasteiger partial charge in [0.1, 0.15) is 0 Å². The van der Waals surface area contributed by atoms with Crippen LogP contribution in [0.4, 0.5) is 5.69 Å². The van der Waals surface area contributed by atoms with E-state index in [1.54, 1.807) is 60.7 Å². The molecule has 6 atom stereocenters. The van der Waals surface area contributed by atoms with Crippen LogP contribution in [-0.2, 0) is 19.2 Å². The molecule has 2 aliphatic heterocycles. The van der Waals surface area contributed by atoms with Crippen LogP contribution < -0.4 is 9.64 Å². The number of rotatable bonds is 5. The number of methoxy groups -OCH3 is 1. The second-order valence-electron chi connectivity index (χ2n) is 12.2. The zero-order valence-electron chi connectivity index (χ0n) is 24.8. The number of ketones is 1. The highest BCUT2D eigenvalue weighted by atomic mass is 35.5. The molecule has 3 fully saturated rings. The third-order valence-electron chi connectivity index (χ3n) is 9.98. The fraction of sp³-hybridized carbons (Fsp3) is 0.286. The number of benzene rings is 3. The average Bonchev–Trinajstić information content (AvgIpc) is 3.40. The first-order valence-electron chi connectivity index (χ1n) is 14.8. The number of amides is 4. The summed E-state index contributed by atoms with van der Waals surface area (Å²) >= 11 is 14.4. The van der Waals surface area contributed by atoms with Gasteiger partial charge in [0.2, 0.25) is 11.8 Å². The summed E-state index contributed by atoms with van der Waals surface area (Å²) in [5, 5.41) is 10.3. The minimum Gasteiger partial charge on any atom is -0.504 e. The molecule has 3 aromatic carbocycles. The lowest BCUT2D eigenvalue weighted by atomic mass is 9.56. The number of hydrogen-bond acceptors (Lipinski definition) is 7. The summed E-state index contributed by atoms with van der Waals surface area (Å²) in [4.78, 5) is 66.6. The van der Waals surface area contributed by atoms with Crippen molar-refractivity contribution in [2.75, 3.05) is 19.1 Å². The Kier molecular flexibility index (Phi) is 6.92. The van der Waals surface area contributed by atoms with E-state index in [9.17, 15) is 29.1 Å². The van der Waals surface area contributed by atoms with Crippen LogP contribution in [0.3, 0.4) is 0 Å². The van der Waals surface area contributed by atoms with Crippen molar-refractivity contribution in [1.82, 2.24) is 4.90 Å². The minimum atomic E-state index is -1.94. The fourth-order valence-electron chi connectivity index (χ4n) is 7.76. The number of likely N-dealkylation sites (tertiary alicyclic amines) is 1. The first-order chi connectivity index (χ1) is 21.9. The van der Waals surface area contributed by atoms with E-state index in [0.29, 0.717) is 28.0 Å². The third-order valence-corrected chi connectivity index (χ3v) is 11.4. The highest BCUT2D eigenvalue weighted by Crippen LogP contribution is 2.65. The second-order valence-corrected chi connectivity index (χ2v) is 13.4. The number of carbonyl (C=O) groups is 5. The molecule has 234 valence electrons. The van der Waals surface area contributed by atoms with E-state index in [2.05, 4.69) is 0 Å². The minimum absolute atomic E-state index is 0.131. The number of phenols is 1. The topological polar surface area (TPSA) is 121 Å². The van der Waals surface area contributed by atoms with Crippen LogP contribution >= 0.6 is 23.2 Å². The molecule has 0 bridgehead atoms. The van der Waals surface area contributed by atoms with Gasteiger partial charge in [-0.25, -0.2) is 0 Å². The summed E-state index contributed by atoms with van der Waals surface area (Å²) in [6.45, 7) is 0. The predicted octanol–water partition coefficient (Wildman–Crippen LogP) is 4.83. The largest absolute Gasteiger partial charge is 0.504 e. The Labute approximate surface area is 274 Å². The number of imide groups is 2. The third kappa shape index (κ3) is 3.97. The Morgan fingerprint density at radius 2 is 1.57 bits per heavy atom. The summed E-state index contributed by atoms with van der Waals surface area (Å²) < 4.78 is 5.33. The van der Waals surface area contributed by atoms with Gasteiger partial charge in [-0.05, 0) is 60.7 Å². The van der Waals surface area contributed by atoms with Crippen molar-refractivity contribution in [3.05, 3.63) is 101 Å². The van der Waals surface area contributed by atoms with Gasteiger partial charge >= 0.3 is 0 Å². The second kappa shape index (κ2) is 10.5. The monoisotopic (exact) mass is 658 g/mol. The summed E-state index contributed by atoms with van der Waals surface area (Å²) in [6, 6.07) is 19.6. The standard InChI is InChI=1S/C35H28Cl2N2O7/c1-38-32(44)34(36)17-24-22(28(35(34,37)33(38)45)20-10-15-25(40)26(16-20)46-2)13-14-23-27(24)31(43)39(30(23)42)21-11-8-19(9-12-21)29(41)18-6-4-3-5-7-18/h3-13,15-16,23-24,27-28,40H,14,17H2,1-2H3/t23-,24+,27-,28-,34+,35-/m0/s1. The van der Waals surface area contributed by atoms with Gasteiger partial charge in [-0.1, -0.05) is 48.0 Å². The van der Waals surface area contributed by atoms with Gasteiger partial charge in [0.05, 0.1) is 24.6 Å². The first-order valence-corrected chi connectivity index (χ1v) is 15.5. The lowest BCUT2D eigenvalue weighted by Crippen LogP contribution is -2.60. The molecule has 2 saturated heterocycles. The van der Waals surface area contributed by atoms with Crippen LogP contribution in [-0.4, -0.2) is 63.3 Å². The number of halogens is 2. The number of allylic oxidation sites excluding steroid dienone is 2. The van der Waals surface area contributed by atoms with E-state index >= 15 is 0 Å². The van der Waals surface area contributed by atoms with Gasteiger partial charge < -0.3 is 9.84 Å². The Morgan fingerprint density at radius 1 is 0.891 bits per heavy atom. The fourth-order valence-corrected chi connectivity index (χ4v) is 8.78. The van der Waals surface area contributed by atoms with E-state index < -0.39 is 57.0 Å². The quantitative estimate of drug-likeness (QED) is 0.180. The van der Waals surface area contributed by atoms with E-state index in [-0.39, 0.29) is 30.1 Å². The van der Waals surface area contributed by atoms with Crippen molar-refractivity contribution in [3.8, 4) is 11.5 Å². The number of ether oxygens (including phenoxy) is 1. The maximum atomic E-state index is 14.2. The van der Waals surface area contributed by atoms with Crippen molar-refractivity contribution in [3.63, 3.8) is 0 Å². The Balaban J connectivity index is 1.28. The van der Waals surface area contributed by atoms with Crippen LogP contribution in [0.15, 0.2) is 84.4 Å². The maximum absolute atomic E-state index is 14.2. The van der Waals surface area contributed by atoms with Crippen LogP contribution in [0.5, 0.6) is 11.5 Å². The molecule has 2 heterocycles. The van der Waals surface area contributed by atoms with Crippen LogP contribution in [0.2, 0.25) is 0 Å². The lowest BCUT2D eigenvalue weighted by molar-refractivity contribution is -0.138. The molecule has 4 aliphatic rings. The van der Waals surface area contributed by atoms with Crippen molar-refractivity contribution in [2.45, 2.75) is 28.5 Å². The molecular weight excluding hydrogens is 631 g/mol. The predicted molar refractivity (Wildman–Crippen MR) is 169 cm³/mol. The number of fused-ring (bicyclic) bond motifs is 4. The van der Waals surface area contributed by atoms with Gasteiger partial charge in [-0.3, -0.25) is 33.8 Å². The zero-order valence-corrected chi connectivity index (χ0v) is 26.3. The molecule has 4 amide bonds. The highest BCUT2D eigenvalue weighted by molar-refractivity contribution is 6.53. The number of phenolic OH excluding ortho intramolecular Hbond substituents is 1. The van der Waals surface area contributed by atoms with Gasteiger partial charge in [0, 0.05) is 24.1 Å². The van der Waals surface area contributed by atoms with Gasteiger partial charge in [0.25, 0.3) is 11.8 Å². The molecule has 1 N–H and O–H groups in total. The molecule has 2 aliphatic carbocycles. The van der Waals surface area contributed by atoms with E-state index in [4.69, 9.17) is 27.9 Å². The van der Waals surface area contributed by atoms with Crippen LogP contribution in [0.1, 0.15) is 40.2 Å². The molecule has 46 heavy (non-hydrogen) atoms. The Hall–Kier alpha value is -4.47. The Morgan fingerprint density at radius 3 is 2.24 bits per heavy atom. The van der Waals surface area contributed by atoms with Gasteiger partial charge in [0.15, 0.2) is 27.0 Å².